The summed E-state index contributed by atoms with van der Waals surface area (Å²) in [6, 6.07) is -5.93. The monoisotopic (exact) mass is 1620 g/mol. The molecular formula is C74H113N19O20S. The number of rotatable bonds is 50. The summed E-state index contributed by atoms with van der Waals surface area (Å²) in [4.78, 5) is 234. The van der Waals surface area contributed by atoms with Crippen LogP contribution in [0.25, 0.3) is 10.9 Å². The smallest absolute Gasteiger partial charge is 0.303 e. The molecule has 0 unspecified atom stereocenters. The number of hydrogen-bond donors (Lipinski definition) is 21. The number of amides is 16. The largest absolute Gasteiger partial charge is 0.508 e. The van der Waals surface area contributed by atoms with Gasteiger partial charge in [-0.15, -0.1) is 0 Å². The number of para-hydroxylation sites is 1. The summed E-state index contributed by atoms with van der Waals surface area (Å²) in [5, 5.41) is 61.4. The number of carbonyl (C=O) groups is 17. The number of aromatic amines is 1. The van der Waals surface area contributed by atoms with Gasteiger partial charge in [0.15, 0.2) is 0 Å². The average molecular weight is 1620 g/mol. The Labute approximate surface area is 664 Å². The Morgan fingerprint density at radius 1 is 0.553 bits per heavy atom. The summed E-state index contributed by atoms with van der Waals surface area (Å²) in [5.41, 5.74) is 29.4. The van der Waals surface area contributed by atoms with E-state index in [2.05, 4.69) is 68.8 Å². The molecule has 1 aliphatic rings. The molecule has 114 heavy (non-hydrogen) atoms. The summed E-state index contributed by atoms with van der Waals surface area (Å²) in [6.07, 6.45) is -0.0352. The molecule has 1 aliphatic heterocycles. The van der Waals surface area contributed by atoms with E-state index in [0.29, 0.717) is 34.9 Å². The number of aliphatic carboxylic acids is 1. The van der Waals surface area contributed by atoms with E-state index in [-0.39, 0.29) is 94.2 Å². The van der Waals surface area contributed by atoms with Crippen molar-refractivity contribution in [1.29, 1.82) is 0 Å². The van der Waals surface area contributed by atoms with Crippen LogP contribution in [0, 0.1) is 11.8 Å². The zero-order valence-corrected chi connectivity index (χ0v) is 66.2. The van der Waals surface area contributed by atoms with E-state index in [0.717, 1.165) is 4.90 Å². The fraction of sp³-hybridized carbons (Fsp3) is 0.581. The molecule has 40 heteroatoms. The van der Waals surface area contributed by atoms with Gasteiger partial charge in [-0.25, -0.2) is 0 Å². The van der Waals surface area contributed by atoms with E-state index in [1.807, 2.05) is 0 Å². The number of carboxylic acids is 1. The number of aliphatic hydroxyl groups is 1. The lowest BCUT2D eigenvalue weighted by molar-refractivity contribution is -0.144. The number of aromatic nitrogens is 1. The fourth-order valence-corrected chi connectivity index (χ4v) is 12.8. The number of nitrogens with one attached hydrogen (secondary N) is 13. The Hall–Kier alpha value is -11.0. The molecule has 16 amide bonds. The highest BCUT2D eigenvalue weighted by Gasteiger charge is 2.43. The molecule has 39 nitrogen and oxygen atoms in total. The minimum atomic E-state index is -1.73. The highest BCUT2D eigenvalue weighted by molar-refractivity contribution is 7.98. The number of aliphatic hydroxyl groups excluding tert-OH is 1. The highest BCUT2D eigenvalue weighted by atomic mass is 32.2. The predicted molar refractivity (Wildman–Crippen MR) is 417 cm³/mol. The second kappa shape index (κ2) is 47.5. The van der Waals surface area contributed by atoms with Crippen molar-refractivity contribution in [3.63, 3.8) is 0 Å². The number of aromatic hydroxyl groups is 1. The predicted octanol–water partition coefficient (Wildman–Crippen LogP) is -4.69. The number of likely N-dealkylation sites (tertiary alicyclic amines) is 1. The number of H-pyrrole nitrogens is 1. The summed E-state index contributed by atoms with van der Waals surface area (Å²) in [6.45, 7) is 10.2. The Balaban J connectivity index is 1.52. The molecule has 1 aromatic heterocycles. The first kappa shape index (κ1) is 95.4. The van der Waals surface area contributed by atoms with E-state index in [1.165, 1.54) is 56.8 Å². The van der Waals surface area contributed by atoms with E-state index >= 15 is 0 Å². The van der Waals surface area contributed by atoms with E-state index in [9.17, 15) is 91.7 Å². The maximum atomic E-state index is 14.7. The Kier molecular flexibility index (Phi) is 39.7. The number of thioether (sulfide) groups is 1. The Bertz CT molecular complexity index is 3860. The summed E-state index contributed by atoms with van der Waals surface area (Å²) in [7, 11) is 0. The van der Waals surface area contributed by atoms with Crippen LogP contribution in [-0.4, -0.2) is 242 Å². The molecule has 0 aliphatic carbocycles. The molecule has 2 heterocycles. The minimum absolute atomic E-state index is 0.00305. The molecular weight excluding hydrogens is 1510 g/mol. The number of carboxylic acid groups (broad SMARTS) is 1. The van der Waals surface area contributed by atoms with Gasteiger partial charge in [0, 0.05) is 49.3 Å². The van der Waals surface area contributed by atoms with Gasteiger partial charge in [0.25, 0.3) is 0 Å². The van der Waals surface area contributed by atoms with Gasteiger partial charge < -0.3 is 118 Å². The van der Waals surface area contributed by atoms with Crippen LogP contribution in [-0.2, 0) is 94.3 Å². The number of nitrogens with zero attached hydrogens (tertiary/aromatic N) is 1. The van der Waals surface area contributed by atoms with Crippen LogP contribution in [0.4, 0.5) is 0 Å². The number of phenolic OH excluding ortho intramolecular Hbond substituents is 1. The molecule has 26 N–H and O–H groups in total. The molecule has 0 spiro atoms. The molecule has 0 saturated carbocycles. The molecule has 630 valence electrons. The SMILES string of the molecule is CSCC[C@H](NC(=O)[C@H](C)NC(=O)[C@H](CCC(N)=O)NC(=O)[C@@H]1CCCN1C(=O)[C@@H](NC(=O)[C@H](Cc1c[nH]c2ccccc12)NC(=O)[C@@H](N)CC(N)=O)[C@@H](C)O)C(=O)N[C@@H](CC(C)C)C(=O)N[C@@H](Cc1ccc(O)cc1)C(=O)N[C@@H](CC(C)C)C(=O)N[C@@H](CCCCN)C(=O)NCC(=O)N[C@@H](C)C(=O)N[C@@H](CCC(=O)O)C(N)=O. The van der Waals surface area contributed by atoms with Crippen molar-refractivity contribution in [1.82, 2.24) is 73.7 Å². The van der Waals surface area contributed by atoms with Crippen molar-refractivity contribution in [2.75, 3.05) is 31.6 Å². The number of unbranched alkanes of at least 4 members (excludes halogenated alkanes) is 1. The van der Waals surface area contributed by atoms with Gasteiger partial charge in [0.2, 0.25) is 94.5 Å². The van der Waals surface area contributed by atoms with Gasteiger partial charge in [-0.2, -0.15) is 11.8 Å². The first-order valence-electron chi connectivity index (χ1n) is 37.7. The van der Waals surface area contributed by atoms with Gasteiger partial charge in [0.05, 0.1) is 25.1 Å². The second-order valence-corrected chi connectivity index (χ2v) is 30.0. The maximum Gasteiger partial charge on any atom is 0.303 e. The van der Waals surface area contributed by atoms with Crippen LogP contribution >= 0.6 is 11.8 Å². The second-order valence-electron chi connectivity index (χ2n) is 29.0. The number of nitrogens with two attached hydrogens (primary N) is 5. The first-order chi connectivity index (χ1) is 53.7. The lowest BCUT2D eigenvalue weighted by Crippen LogP contribution is -2.61. The zero-order valence-electron chi connectivity index (χ0n) is 65.4. The van der Waals surface area contributed by atoms with Crippen molar-refractivity contribution in [2.45, 2.75) is 229 Å². The van der Waals surface area contributed by atoms with E-state index < -0.39 is 217 Å². The Morgan fingerprint density at radius 2 is 1.06 bits per heavy atom. The number of benzene rings is 2. The third kappa shape index (κ3) is 32.2. The van der Waals surface area contributed by atoms with Crippen LogP contribution in [0.3, 0.4) is 0 Å². The minimum Gasteiger partial charge on any atom is -0.508 e. The highest BCUT2D eigenvalue weighted by Crippen LogP contribution is 2.23. The van der Waals surface area contributed by atoms with Gasteiger partial charge >= 0.3 is 5.97 Å². The van der Waals surface area contributed by atoms with Crippen molar-refractivity contribution < 1.29 is 96.8 Å². The van der Waals surface area contributed by atoms with Crippen LogP contribution in [0.1, 0.15) is 143 Å². The lowest BCUT2D eigenvalue weighted by atomic mass is 9.99. The van der Waals surface area contributed by atoms with Crippen LogP contribution in [0.15, 0.2) is 54.7 Å². The average Bonchev–Trinajstić information content (AvgIpc) is 1.58. The molecule has 1 fully saturated rings. The summed E-state index contributed by atoms with van der Waals surface area (Å²) < 4.78 is 0. The summed E-state index contributed by atoms with van der Waals surface area (Å²) >= 11 is 1.31. The molecule has 2 aromatic carbocycles. The maximum absolute atomic E-state index is 14.7. The van der Waals surface area contributed by atoms with Crippen LogP contribution < -0.4 is 92.5 Å². The normalized spacial score (nSPS) is 16.0. The van der Waals surface area contributed by atoms with E-state index in [1.54, 1.807) is 64.4 Å². The molecule has 3 aromatic rings. The molecule has 0 radical (unpaired) electrons. The van der Waals surface area contributed by atoms with E-state index in [4.69, 9.17) is 33.8 Å². The topological polar surface area (TPSA) is 644 Å². The van der Waals surface area contributed by atoms with Gasteiger partial charge in [-0.1, -0.05) is 58.0 Å². The lowest BCUT2D eigenvalue weighted by Gasteiger charge is -2.32. The number of primary amides is 3. The third-order valence-electron chi connectivity index (χ3n) is 18.5. The molecule has 14 atom stereocenters. The first-order valence-corrected chi connectivity index (χ1v) is 39.1. The quantitative estimate of drug-likeness (QED) is 0.0236. The third-order valence-corrected chi connectivity index (χ3v) is 19.1. The van der Waals surface area contributed by atoms with Gasteiger partial charge in [-0.05, 0) is 145 Å². The summed E-state index contributed by atoms with van der Waals surface area (Å²) in [5.74, 6) is -16.2. The molecule has 0 bridgehead atoms. The van der Waals surface area contributed by atoms with Crippen LogP contribution in [0.2, 0.25) is 0 Å². The van der Waals surface area contributed by atoms with Crippen molar-refractivity contribution in [3.05, 3.63) is 65.9 Å². The van der Waals surface area contributed by atoms with Crippen molar-refractivity contribution in [3.8, 4) is 5.75 Å². The standard InChI is InChI=1S/C74H113N19O20S/c1-37(2)30-52(69(108)86-49(16-11-12-27-75)66(105)81-36-59(98)82-39(5)63(102)84-48(62(79)101)23-25-60(99)100)90-71(110)54(32-42-18-20-44(95)21-19-42)91-70(109)53(31-38(3)4)89-68(107)51(26-29-114-8)85-64(103)40(6)83-67(106)50(22-24-57(77)96)87-73(112)56-17-13-28-93(56)74(113)61(41(7)94)92-72(111)55(88-65(104)46(76)34-58(78)97)33-43-35-80-47-15-10-9-14-45(43)47/h9-10,14-15,18-21,35,37-41,46,48-56,61,80,94-95H,11-13,16-17,22-34,36,75-76H2,1-8H3,(H2,77,96)(H2,78,97)(H2,79,101)(H,81,105)(H,82,98)(H,83,106)(H,84,102)(H,85,103)(H,86,108)(H,87,112)(H,88,104)(H,89,107)(H,90,110)(H,91,109)(H,92,111)(H,99,100)/t39-,40-,41+,46-,48-,49-,50-,51-,52-,53-,54-,55-,56-,61-/m0/s1. The fourth-order valence-electron chi connectivity index (χ4n) is 12.3. The molecule has 1 saturated heterocycles. The van der Waals surface area contributed by atoms with Gasteiger partial charge in [-0.3, -0.25) is 81.5 Å². The number of carbonyl (C=O) groups excluding carboxylic acids is 16. The zero-order chi connectivity index (χ0) is 85.2. The number of phenols is 1. The van der Waals surface area contributed by atoms with Crippen molar-refractivity contribution in [2.24, 2.45) is 40.5 Å². The van der Waals surface area contributed by atoms with Gasteiger partial charge in [0.1, 0.15) is 78.3 Å². The Morgan fingerprint density at radius 3 is 1.63 bits per heavy atom. The number of fused-ring (bicyclic) bond motifs is 1. The van der Waals surface area contributed by atoms with Crippen LogP contribution in [0.5, 0.6) is 5.75 Å². The van der Waals surface area contributed by atoms with Crippen molar-refractivity contribution >= 4 is 123 Å². The number of hydrogen-bond acceptors (Lipinski definition) is 22. The molecule has 4 rings (SSSR count).